The van der Waals surface area contributed by atoms with Crippen LogP contribution in [0.4, 0.5) is 0 Å². The van der Waals surface area contributed by atoms with E-state index in [9.17, 15) is 37.2 Å². The lowest BCUT2D eigenvalue weighted by Gasteiger charge is -2.25. The molecule has 0 aromatic heterocycles. The molecule has 208 valence electrons. The van der Waals surface area contributed by atoms with Crippen LogP contribution in [0, 0.1) is 10.8 Å². The number of fused-ring (bicyclic) bond motifs is 1. The number of imide groups is 1. The number of benzene rings is 1. The van der Waals surface area contributed by atoms with Crippen molar-refractivity contribution in [3.8, 4) is 0 Å². The van der Waals surface area contributed by atoms with E-state index in [1.165, 1.54) is 12.1 Å². The van der Waals surface area contributed by atoms with Gasteiger partial charge in [-0.05, 0) is 24.6 Å². The molecule has 0 saturated carbocycles. The summed E-state index contributed by atoms with van der Waals surface area (Å²) in [6.45, 7) is 8.77. The van der Waals surface area contributed by atoms with Gasteiger partial charge >= 0.3 is 11.9 Å². The molecule has 2 rings (SSSR count). The topological polar surface area (TPSA) is 158 Å². The van der Waals surface area contributed by atoms with Crippen LogP contribution in [0.5, 0.6) is 0 Å². The second-order valence-electron chi connectivity index (χ2n) is 11.2. The molecule has 1 aliphatic heterocycles. The zero-order valence-corrected chi connectivity index (χ0v) is 23.4. The smallest absolute Gasteiger partial charge is 0.338 e. The zero-order valence-electron chi connectivity index (χ0n) is 22.6. The van der Waals surface area contributed by atoms with Crippen LogP contribution in [0.3, 0.4) is 0 Å². The molecule has 0 radical (unpaired) electrons. The molecule has 2 amide bonds. The third-order valence-electron chi connectivity index (χ3n) is 5.85. The molecule has 1 aliphatic rings. The van der Waals surface area contributed by atoms with Gasteiger partial charge in [-0.15, -0.1) is 0 Å². The quantitative estimate of drug-likeness (QED) is 0.311. The summed E-state index contributed by atoms with van der Waals surface area (Å²) in [7, 11) is -3.59. The van der Waals surface area contributed by atoms with Crippen molar-refractivity contribution in [2.75, 3.05) is 25.2 Å². The molecule has 0 fully saturated rings. The number of carbonyl (C=O) groups excluding carboxylic acids is 6. The summed E-state index contributed by atoms with van der Waals surface area (Å²) < 4.78 is 33.7. The van der Waals surface area contributed by atoms with Gasteiger partial charge in [0.15, 0.2) is 24.8 Å². The first-order valence-electron chi connectivity index (χ1n) is 11.8. The lowest BCUT2D eigenvalue weighted by molar-refractivity contribution is -0.153. The Hall–Kier alpha value is -3.41. The maximum Gasteiger partial charge on any atom is 0.338 e. The average molecular weight is 552 g/mol. The van der Waals surface area contributed by atoms with E-state index < -0.39 is 81.6 Å². The third kappa shape index (κ3) is 7.56. The molecule has 1 aromatic carbocycles. The first kappa shape index (κ1) is 30.8. The summed E-state index contributed by atoms with van der Waals surface area (Å²) in [4.78, 5) is 76.5. The largest absolute Gasteiger partial charge is 0.456 e. The number of amides is 2. The molecular formula is C26H33NO10S. The average Bonchev–Trinajstić information content (AvgIpc) is 3.03. The number of rotatable bonds is 10. The molecule has 0 N–H and O–H groups in total. The van der Waals surface area contributed by atoms with Gasteiger partial charge in [0.05, 0.1) is 22.4 Å². The Labute approximate surface area is 221 Å². The van der Waals surface area contributed by atoms with Crippen molar-refractivity contribution in [1.82, 2.24) is 4.90 Å². The van der Waals surface area contributed by atoms with Crippen molar-refractivity contribution in [3.63, 3.8) is 0 Å². The van der Waals surface area contributed by atoms with E-state index in [4.69, 9.17) is 9.47 Å². The van der Waals surface area contributed by atoms with Gasteiger partial charge in [0.1, 0.15) is 15.9 Å². The van der Waals surface area contributed by atoms with Gasteiger partial charge in [-0.3, -0.25) is 24.1 Å². The van der Waals surface area contributed by atoms with Crippen LogP contribution >= 0.6 is 0 Å². The number of Topliss-reactive ketones (excluding diaryl/α,β-unsaturated/α-hetero) is 2. The molecule has 1 heterocycles. The Bertz CT molecular complexity index is 1280. The molecule has 12 heteroatoms. The number of ether oxygens (including phenoxy) is 2. The van der Waals surface area contributed by atoms with E-state index in [2.05, 4.69) is 0 Å². The predicted molar refractivity (Wildman–Crippen MR) is 135 cm³/mol. The van der Waals surface area contributed by atoms with Crippen molar-refractivity contribution in [3.05, 3.63) is 34.9 Å². The monoisotopic (exact) mass is 551 g/mol. The highest BCUT2D eigenvalue weighted by molar-refractivity contribution is 7.90. The molecule has 11 nitrogen and oxygen atoms in total. The van der Waals surface area contributed by atoms with E-state index in [0.717, 1.165) is 12.3 Å². The van der Waals surface area contributed by atoms with E-state index in [1.54, 1.807) is 41.5 Å². The molecule has 1 atom stereocenters. The number of sulfone groups is 1. The minimum atomic E-state index is -3.59. The minimum Gasteiger partial charge on any atom is -0.456 e. The SMILES string of the molecule is CC(C)(C)C(=O)COC(=O)c1ccc2c(c1)C(=O)N([C@@H](CCS(C)(=O)=O)C(=O)OCC(=O)C(C)(C)C)C2=O. The normalized spacial score (nSPS) is 14.7. The maximum atomic E-state index is 13.2. The second kappa shape index (κ2) is 11.1. The Morgan fingerprint density at radius 2 is 1.34 bits per heavy atom. The van der Waals surface area contributed by atoms with Crippen molar-refractivity contribution in [2.24, 2.45) is 10.8 Å². The molecule has 38 heavy (non-hydrogen) atoms. The first-order valence-corrected chi connectivity index (χ1v) is 13.9. The Kier molecular flexibility index (Phi) is 9.03. The van der Waals surface area contributed by atoms with Gasteiger partial charge in [0, 0.05) is 17.1 Å². The Morgan fingerprint density at radius 3 is 1.84 bits per heavy atom. The summed E-state index contributed by atoms with van der Waals surface area (Å²) in [6.07, 6.45) is 0.486. The first-order chi connectivity index (χ1) is 17.2. The van der Waals surface area contributed by atoms with Gasteiger partial charge in [-0.25, -0.2) is 18.0 Å². The predicted octanol–water partition coefficient (Wildman–Crippen LogP) is 2.02. The van der Waals surface area contributed by atoms with Gasteiger partial charge in [0.2, 0.25) is 0 Å². The summed E-state index contributed by atoms with van der Waals surface area (Å²) in [5.41, 5.74) is -1.95. The minimum absolute atomic E-state index is 0.0977. The zero-order chi connectivity index (χ0) is 29.2. The molecule has 1 aromatic rings. The van der Waals surface area contributed by atoms with E-state index in [1.807, 2.05) is 0 Å². The summed E-state index contributed by atoms with van der Waals surface area (Å²) in [5, 5.41) is 0. The highest BCUT2D eigenvalue weighted by Gasteiger charge is 2.44. The van der Waals surface area contributed by atoms with Crippen molar-refractivity contribution in [1.29, 1.82) is 0 Å². The number of carbonyl (C=O) groups is 6. The van der Waals surface area contributed by atoms with Crippen LogP contribution in [0.25, 0.3) is 0 Å². The Morgan fingerprint density at radius 1 is 0.842 bits per heavy atom. The fourth-order valence-electron chi connectivity index (χ4n) is 3.23. The molecule has 0 bridgehead atoms. The fourth-order valence-corrected chi connectivity index (χ4v) is 3.88. The van der Waals surface area contributed by atoms with Gasteiger partial charge in [0.25, 0.3) is 11.8 Å². The van der Waals surface area contributed by atoms with Crippen molar-refractivity contribution >= 4 is 45.2 Å². The summed E-state index contributed by atoms with van der Waals surface area (Å²) >= 11 is 0. The number of ketones is 2. The van der Waals surface area contributed by atoms with Gasteiger partial charge < -0.3 is 9.47 Å². The van der Waals surface area contributed by atoms with Gasteiger partial charge in [-0.2, -0.15) is 0 Å². The molecule has 0 spiro atoms. The van der Waals surface area contributed by atoms with E-state index >= 15 is 0 Å². The van der Waals surface area contributed by atoms with Crippen LogP contribution < -0.4 is 0 Å². The van der Waals surface area contributed by atoms with Crippen molar-refractivity contribution in [2.45, 2.75) is 54.0 Å². The van der Waals surface area contributed by atoms with E-state index in [0.29, 0.717) is 4.90 Å². The van der Waals surface area contributed by atoms with E-state index in [-0.39, 0.29) is 22.5 Å². The maximum absolute atomic E-state index is 13.2. The van der Waals surface area contributed by atoms with Crippen molar-refractivity contribution < 1.29 is 46.7 Å². The highest BCUT2D eigenvalue weighted by Crippen LogP contribution is 2.28. The lowest BCUT2D eigenvalue weighted by atomic mass is 9.91. The second-order valence-corrected chi connectivity index (χ2v) is 13.5. The number of hydrogen-bond acceptors (Lipinski definition) is 10. The highest BCUT2D eigenvalue weighted by atomic mass is 32.2. The standard InChI is InChI=1S/C26H33NO10S/c1-25(2,3)19(28)13-36-23(32)15-8-9-16-17(12-15)22(31)27(21(16)30)18(10-11-38(7,34)35)24(33)37-14-20(29)26(4,5)6/h8-9,12,18H,10-11,13-14H2,1-7H3/t18-/m0/s1. The molecule has 0 aliphatic carbocycles. The number of esters is 2. The van der Waals surface area contributed by atoms with Gasteiger partial charge in [-0.1, -0.05) is 41.5 Å². The van der Waals surface area contributed by atoms with Crippen LogP contribution in [0.15, 0.2) is 18.2 Å². The Balaban J connectivity index is 2.31. The van der Waals surface area contributed by atoms with Crippen LogP contribution in [0.1, 0.15) is 79.0 Å². The van der Waals surface area contributed by atoms with Crippen LogP contribution in [0.2, 0.25) is 0 Å². The molecule has 0 unspecified atom stereocenters. The van der Waals surface area contributed by atoms with Crippen LogP contribution in [-0.4, -0.2) is 79.9 Å². The molecular weight excluding hydrogens is 518 g/mol. The third-order valence-corrected chi connectivity index (χ3v) is 6.83. The lowest BCUT2D eigenvalue weighted by Crippen LogP contribution is -2.47. The summed E-state index contributed by atoms with van der Waals surface area (Å²) in [5.74, 6) is -5.09. The van der Waals surface area contributed by atoms with Crippen LogP contribution in [-0.2, 0) is 33.7 Å². The fraction of sp³-hybridized carbons (Fsp3) is 0.538. The number of hydrogen-bond donors (Lipinski definition) is 0. The number of nitrogens with zero attached hydrogens (tertiary/aromatic N) is 1. The molecule has 0 saturated heterocycles. The summed E-state index contributed by atoms with van der Waals surface area (Å²) in [6, 6.07) is 1.94.